The number of carbonyl (C=O) groups is 1. The minimum absolute atomic E-state index is 0.0956. The molecule has 1 amide bonds. The molecule has 0 saturated carbocycles. The molecule has 8 nitrogen and oxygen atoms in total. The summed E-state index contributed by atoms with van der Waals surface area (Å²) in [7, 11) is 3.16. The molecule has 2 aliphatic rings. The highest BCUT2D eigenvalue weighted by Crippen LogP contribution is 2.42. The number of aryl methyl sites for hydroxylation is 1. The van der Waals surface area contributed by atoms with Crippen molar-refractivity contribution >= 4 is 16.9 Å². The van der Waals surface area contributed by atoms with Crippen LogP contribution < -0.4 is 14.9 Å². The van der Waals surface area contributed by atoms with Crippen LogP contribution >= 0.6 is 0 Å². The van der Waals surface area contributed by atoms with Gasteiger partial charge in [0.2, 0.25) is 5.76 Å². The second-order valence-electron chi connectivity index (χ2n) is 8.64. The van der Waals surface area contributed by atoms with Crippen LogP contribution in [0.25, 0.3) is 11.0 Å². The van der Waals surface area contributed by atoms with Crippen LogP contribution in [0.4, 0.5) is 0 Å². The van der Waals surface area contributed by atoms with Gasteiger partial charge < -0.3 is 23.5 Å². The summed E-state index contributed by atoms with van der Waals surface area (Å²) >= 11 is 0. The maximum atomic E-state index is 13.8. The zero-order valence-corrected chi connectivity index (χ0v) is 19.6. The quantitative estimate of drug-likeness (QED) is 0.555. The number of amides is 1. The first-order valence-corrected chi connectivity index (χ1v) is 11.4. The first-order chi connectivity index (χ1) is 16.5. The summed E-state index contributed by atoms with van der Waals surface area (Å²) in [6.07, 6.45) is 0. The molecule has 0 N–H and O–H groups in total. The van der Waals surface area contributed by atoms with E-state index in [1.165, 1.54) is 0 Å². The Morgan fingerprint density at radius 1 is 1.00 bits per heavy atom. The van der Waals surface area contributed by atoms with Crippen LogP contribution in [0.1, 0.15) is 33.3 Å². The Hall–Kier alpha value is -3.36. The summed E-state index contributed by atoms with van der Waals surface area (Å²) in [6.45, 7) is 5.99. The van der Waals surface area contributed by atoms with Crippen LogP contribution in [0.2, 0.25) is 0 Å². The van der Waals surface area contributed by atoms with Crippen LogP contribution in [-0.2, 0) is 4.74 Å². The van der Waals surface area contributed by atoms with Gasteiger partial charge in [0.1, 0.15) is 17.1 Å². The third-order valence-electron chi connectivity index (χ3n) is 6.61. The molecular formula is C26H28N2O6. The first-order valence-electron chi connectivity index (χ1n) is 11.4. The number of hydrogen-bond acceptors (Lipinski definition) is 7. The molecule has 2 aromatic carbocycles. The van der Waals surface area contributed by atoms with Crippen LogP contribution in [0, 0.1) is 6.92 Å². The number of methoxy groups -OCH3 is 2. The summed E-state index contributed by atoms with van der Waals surface area (Å²) in [5.74, 6) is 0.994. The largest absolute Gasteiger partial charge is 0.497 e. The van der Waals surface area contributed by atoms with E-state index in [4.69, 9.17) is 18.6 Å². The second-order valence-corrected chi connectivity index (χ2v) is 8.64. The third-order valence-corrected chi connectivity index (χ3v) is 6.61. The second kappa shape index (κ2) is 9.12. The van der Waals surface area contributed by atoms with Crippen molar-refractivity contribution in [3.8, 4) is 11.5 Å². The number of ether oxygens (including phenoxy) is 3. The van der Waals surface area contributed by atoms with Crippen molar-refractivity contribution in [3.63, 3.8) is 0 Å². The van der Waals surface area contributed by atoms with Gasteiger partial charge in [0.15, 0.2) is 5.43 Å². The van der Waals surface area contributed by atoms with Crippen molar-refractivity contribution in [2.45, 2.75) is 13.0 Å². The normalized spacial score (nSPS) is 18.4. The van der Waals surface area contributed by atoms with E-state index in [1.807, 2.05) is 25.1 Å². The lowest BCUT2D eigenvalue weighted by molar-refractivity contribution is 0.0314. The summed E-state index contributed by atoms with van der Waals surface area (Å²) in [6, 6.07) is 10.2. The molecule has 0 unspecified atom stereocenters. The topological polar surface area (TPSA) is 81.5 Å². The van der Waals surface area contributed by atoms with E-state index >= 15 is 0 Å². The van der Waals surface area contributed by atoms with Crippen LogP contribution in [0.5, 0.6) is 11.5 Å². The summed E-state index contributed by atoms with van der Waals surface area (Å²) in [5, 5.41) is 0.466. The Balaban J connectivity index is 1.66. The van der Waals surface area contributed by atoms with E-state index in [2.05, 4.69) is 4.90 Å². The molecule has 8 heteroatoms. The Morgan fingerprint density at radius 3 is 2.53 bits per heavy atom. The fourth-order valence-corrected chi connectivity index (χ4v) is 4.82. The molecule has 1 atom stereocenters. The number of rotatable bonds is 6. The number of morpholine rings is 1. The van der Waals surface area contributed by atoms with Crippen molar-refractivity contribution in [1.82, 2.24) is 9.80 Å². The maximum absolute atomic E-state index is 13.8. The van der Waals surface area contributed by atoms with Crippen molar-refractivity contribution in [2.24, 2.45) is 0 Å². The fourth-order valence-electron chi connectivity index (χ4n) is 4.82. The van der Waals surface area contributed by atoms with Gasteiger partial charge in [-0.2, -0.15) is 0 Å². The molecule has 0 bridgehead atoms. The monoisotopic (exact) mass is 464 g/mol. The Bertz CT molecular complexity index is 1290. The number of fused-ring (bicyclic) bond motifs is 2. The van der Waals surface area contributed by atoms with Crippen LogP contribution in [0.15, 0.2) is 45.6 Å². The van der Waals surface area contributed by atoms with Gasteiger partial charge in [0, 0.05) is 31.7 Å². The highest BCUT2D eigenvalue weighted by molar-refractivity contribution is 5.99. The van der Waals surface area contributed by atoms with E-state index in [0.29, 0.717) is 59.9 Å². The van der Waals surface area contributed by atoms with Gasteiger partial charge in [-0.05, 0) is 37.3 Å². The SMILES string of the molecule is COc1ccc(OC)c([C@H]2c3c(oc4ccc(C)cc4c3=O)C(=O)N2CCN2CCOCC2)c1. The fraction of sp³-hybridized carbons (Fsp3) is 0.385. The van der Waals surface area contributed by atoms with Gasteiger partial charge in [-0.25, -0.2) is 0 Å². The van der Waals surface area contributed by atoms with E-state index in [0.717, 1.165) is 18.7 Å². The molecular weight excluding hydrogens is 436 g/mol. The molecule has 0 spiro atoms. The molecule has 0 radical (unpaired) electrons. The zero-order chi connectivity index (χ0) is 23.8. The third kappa shape index (κ3) is 3.82. The summed E-state index contributed by atoms with van der Waals surface area (Å²) < 4.78 is 22.6. The van der Waals surface area contributed by atoms with Crippen LogP contribution in [0.3, 0.4) is 0 Å². The highest BCUT2D eigenvalue weighted by Gasteiger charge is 2.44. The number of benzene rings is 2. The van der Waals surface area contributed by atoms with Gasteiger partial charge in [-0.1, -0.05) is 11.6 Å². The van der Waals surface area contributed by atoms with E-state index in [1.54, 1.807) is 37.3 Å². The molecule has 3 heterocycles. The summed E-state index contributed by atoms with van der Waals surface area (Å²) in [4.78, 5) is 31.4. The van der Waals surface area contributed by atoms with E-state index < -0.39 is 6.04 Å². The minimum Gasteiger partial charge on any atom is -0.497 e. The van der Waals surface area contributed by atoms with Crippen molar-refractivity contribution < 1.29 is 23.4 Å². The Morgan fingerprint density at radius 2 is 1.79 bits per heavy atom. The van der Waals surface area contributed by atoms with Gasteiger partial charge in [-0.15, -0.1) is 0 Å². The predicted octanol–water partition coefficient (Wildman–Crippen LogP) is 3.00. The Kier molecular flexibility index (Phi) is 6.02. The molecule has 1 aromatic heterocycles. The number of nitrogens with zero attached hydrogens (tertiary/aromatic N) is 2. The van der Waals surface area contributed by atoms with Gasteiger partial charge in [-0.3, -0.25) is 14.5 Å². The van der Waals surface area contributed by atoms with E-state index in [-0.39, 0.29) is 17.1 Å². The van der Waals surface area contributed by atoms with Gasteiger partial charge >= 0.3 is 0 Å². The number of hydrogen-bond donors (Lipinski definition) is 0. The lowest BCUT2D eigenvalue weighted by Gasteiger charge is -2.31. The average molecular weight is 465 g/mol. The molecule has 3 aromatic rings. The van der Waals surface area contributed by atoms with Gasteiger partial charge in [0.25, 0.3) is 5.91 Å². The minimum atomic E-state index is -0.644. The molecule has 1 fully saturated rings. The van der Waals surface area contributed by atoms with Crippen molar-refractivity contribution in [3.05, 3.63) is 69.1 Å². The number of carbonyl (C=O) groups excluding carboxylic acids is 1. The molecule has 34 heavy (non-hydrogen) atoms. The van der Waals surface area contributed by atoms with E-state index in [9.17, 15) is 9.59 Å². The Labute approximate surface area is 197 Å². The average Bonchev–Trinajstić information content (AvgIpc) is 3.15. The maximum Gasteiger partial charge on any atom is 0.290 e. The van der Waals surface area contributed by atoms with Gasteiger partial charge in [0.05, 0.1) is 44.4 Å². The lowest BCUT2D eigenvalue weighted by Crippen LogP contribution is -2.42. The smallest absolute Gasteiger partial charge is 0.290 e. The molecule has 5 rings (SSSR count). The van der Waals surface area contributed by atoms with Crippen molar-refractivity contribution in [1.29, 1.82) is 0 Å². The molecule has 0 aliphatic carbocycles. The first kappa shape index (κ1) is 22.4. The predicted molar refractivity (Wildman–Crippen MR) is 127 cm³/mol. The van der Waals surface area contributed by atoms with Crippen LogP contribution in [-0.4, -0.2) is 69.3 Å². The molecule has 2 aliphatic heterocycles. The standard InChI is InChI=1S/C26H28N2O6/c1-16-4-6-21-19(14-16)24(29)22-23(18-15-17(31-2)5-7-20(18)32-3)28(26(30)25(22)34-21)9-8-27-10-12-33-13-11-27/h4-7,14-15,23H,8-13H2,1-3H3/t23-/m0/s1. The highest BCUT2D eigenvalue weighted by atomic mass is 16.5. The molecule has 1 saturated heterocycles. The lowest BCUT2D eigenvalue weighted by atomic mass is 9.97. The van der Waals surface area contributed by atoms with Crippen molar-refractivity contribution in [2.75, 3.05) is 53.6 Å². The zero-order valence-electron chi connectivity index (χ0n) is 19.6. The molecule has 178 valence electrons. The summed E-state index contributed by atoms with van der Waals surface area (Å²) in [5.41, 5.74) is 2.20.